The second-order valence-corrected chi connectivity index (χ2v) is 9.11. The fraction of sp³-hybridized carbons (Fsp3) is 1.00. The first kappa shape index (κ1) is 12.7. The molecule has 0 saturated heterocycles. The molecule has 5 nitrogen and oxygen atoms in total. The Morgan fingerprint density at radius 3 is 2.29 bits per heavy atom. The van der Waals surface area contributed by atoms with Gasteiger partial charge >= 0.3 is 78.3 Å². The summed E-state index contributed by atoms with van der Waals surface area (Å²) in [6.45, 7) is 0. The number of hydrogen-bond acceptors (Lipinski definition) is 5. The van der Waals surface area contributed by atoms with Crippen LogP contribution in [-0.4, -0.2) is 14.2 Å². The van der Waals surface area contributed by atoms with E-state index in [1.807, 2.05) is 0 Å². The molecule has 0 aromatic carbocycles. The first-order valence-electron chi connectivity index (χ1n) is 3.34. The molecule has 1 unspecified atom stereocenters. The van der Waals surface area contributed by atoms with Gasteiger partial charge in [0.15, 0.2) is 0 Å². The van der Waals surface area contributed by atoms with Gasteiger partial charge in [0.25, 0.3) is 0 Å². The van der Waals surface area contributed by atoms with E-state index >= 15 is 0 Å². The van der Waals surface area contributed by atoms with Gasteiger partial charge in [-0.15, -0.1) is 0 Å². The van der Waals surface area contributed by atoms with Crippen LogP contribution in [0.2, 0.25) is 0 Å². The van der Waals surface area contributed by atoms with E-state index < -0.39 is 24.0 Å². The minimum absolute atomic E-state index is 0.838. The van der Waals surface area contributed by atoms with E-state index in [4.69, 9.17) is 0 Å². The third-order valence-electron chi connectivity index (χ3n) is 1.37. The normalized spacial score (nSPS) is 39.6. The van der Waals surface area contributed by atoms with Gasteiger partial charge in [0.05, 0.1) is 0 Å². The van der Waals surface area contributed by atoms with Crippen molar-refractivity contribution >= 4 is 24.0 Å². The van der Waals surface area contributed by atoms with Gasteiger partial charge in [-0.05, 0) is 0 Å². The van der Waals surface area contributed by atoms with Gasteiger partial charge in [0, 0.05) is 0 Å². The van der Waals surface area contributed by atoms with Gasteiger partial charge in [0.2, 0.25) is 0 Å². The second kappa shape index (κ2) is 3.91. The molecule has 0 aromatic heterocycles. The van der Waals surface area contributed by atoms with Crippen LogP contribution in [0.1, 0.15) is 0 Å². The molecule has 1 aliphatic heterocycles. The molecule has 1 aliphatic rings. The zero-order valence-corrected chi connectivity index (χ0v) is 10.1. The number of halogens is 4. The van der Waals surface area contributed by atoms with Crippen molar-refractivity contribution in [3.8, 4) is 0 Å². The van der Waals surface area contributed by atoms with Crippen LogP contribution >= 0.6 is 24.0 Å². The monoisotopic (exact) mass is 277 g/mol. The quantitative estimate of drug-likeness (QED) is 0.601. The van der Waals surface area contributed by atoms with Gasteiger partial charge in [0.1, 0.15) is 0 Å². The van der Waals surface area contributed by atoms with E-state index in [1.165, 1.54) is 4.86 Å². The van der Waals surface area contributed by atoms with Crippen LogP contribution in [0, 0.1) is 0 Å². The van der Waals surface area contributed by atoms with Crippen LogP contribution in [0.4, 0.5) is 16.8 Å². The van der Waals surface area contributed by atoms with Crippen LogP contribution in [0.5, 0.6) is 0 Å². The Balaban J connectivity index is 3.07. The van der Waals surface area contributed by atoms with Crippen LogP contribution < -0.4 is 9.72 Å². The van der Waals surface area contributed by atoms with Gasteiger partial charge in [-0.25, -0.2) is 0 Å². The van der Waals surface area contributed by atoms with Crippen molar-refractivity contribution in [2.24, 2.45) is 4.52 Å². The Labute approximate surface area is 79.2 Å². The van der Waals surface area contributed by atoms with E-state index in [9.17, 15) is 16.8 Å². The zero-order chi connectivity index (χ0) is 11.0. The van der Waals surface area contributed by atoms with E-state index in [1.54, 1.807) is 4.86 Å². The number of nitrogens with one attached hydrogen (secondary N) is 2. The SMILES string of the molecule is COP1(F)=N[PH](F)(F)N[PH](F)(OC)N1. The molecule has 1 heterocycles. The van der Waals surface area contributed by atoms with Gasteiger partial charge < -0.3 is 0 Å². The van der Waals surface area contributed by atoms with Gasteiger partial charge in [-0.1, -0.05) is 0 Å². The first-order valence-corrected chi connectivity index (χ1v) is 8.38. The maximum atomic E-state index is 13.4. The molecule has 1 atom stereocenters. The summed E-state index contributed by atoms with van der Waals surface area (Å²) in [5.74, 6) is 0. The molecule has 0 radical (unpaired) electrons. The molecule has 0 amide bonds. The molecule has 14 heavy (non-hydrogen) atoms. The Hall–Kier alpha value is 0.650. The topological polar surface area (TPSA) is 54.9 Å². The second-order valence-electron chi connectivity index (χ2n) is 2.36. The molecule has 2 N–H and O–H groups in total. The molecule has 0 spiro atoms. The van der Waals surface area contributed by atoms with E-state index in [0.29, 0.717) is 0 Å². The minimum atomic E-state index is -5.48. The Morgan fingerprint density at radius 1 is 1.29 bits per heavy atom. The third-order valence-corrected chi connectivity index (χ3v) is 9.19. The van der Waals surface area contributed by atoms with Crippen molar-refractivity contribution in [1.82, 2.24) is 9.72 Å². The Bertz CT molecular complexity index is 289. The Morgan fingerprint density at radius 2 is 1.86 bits per heavy atom. The number of hydrogen-bond donors (Lipinski definition) is 2. The van der Waals surface area contributed by atoms with Gasteiger partial charge in [-0.2, -0.15) is 0 Å². The van der Waals surface area contributed by atoms with Crippen LogP contribution in [0.25, 0.3) is 0 Å². The molecular weight excluding hydrogens is 267 g/mol. The average Bonchev–Trinajstić information content (AvgIpc) is 2.00. The van der Waals surface area contributed by atoms with Crippen molar-refractivity contribution in [1.29, 1.82) is 0 Å². The van der Waals surface area contributed by atoms with Gasteiger partial charge in [-0.3, -0.25) is 0 Å². The molecular formula is C2H10F4N3O2P3. The summed E-state index contributed by atoms with van der Waals surface area (Å²) in [7, 11) is -12.8. The summed E-state index contributed by atoms with van der Waals surface area (Å²) in [6.07, 6.45) is 0. The number of nitrogens with zero attached hydrogens (tertiary/aromatic N) is 1. The fourth-order valence-electron chi connectivity index (χ4n) is 0.793. The van der Waals surface area contributed by atoms with Crippen LogP contribution in [0.15, 0.2) is 4.52 Å². The molecule has 0 fully saturated rings. The maximum absolute atomic E-state index is 13.4. The summed E-state index contributed by atoms with van der Waals surface area (Å²) in [4.78, 5) is 2.90. The third kappa shape index (κ3) is 2.83. The first-order chi connectivity index (χ1) is 6.24. The zero-order valence-electron chi connectivity index (χ0n) is 7.22. The Kier molecular flexibility index (Phi) is 3.55. The summed E-state index contributed by atoms with van der Waals surface area (Å²) < 4.78 is 63.1. The average molecular weight is 277 g/mol. The standard InChI is InChI=1S/C2H10F4N3O2P3/c1-10-13(5)7-12(3,4)8-14(6,9-13)11-2/h7,9,12-13H,1-2H3. The molecule has 0 aliphatic carbocycles. The molecule has 1 rings (SSSR count). The van der Waals surface area contributed by atoms with E-state index in [0.717, 1.165) is 14.2 Å². The van der Waals surface area contributed by atoms with E-state index in [-0.39, 0.29) is 0 Å². The van der Waals surface area contributed by atoms with Crippen molar-refractivity contribution in [2.45, 2.75) is 0 Å². The summed E-state index contributed by atoms with van der Waals surface area (Å²) in [5.41, 5.74) is 0. The van der Waals surface area contributed by atoms with Crippen molar-refractivity contribution < 1.29 is 25.8 Å². The summed E-state index contributed by atoms with van der Waals surface area (Å²) in [6, 6.07) is 0. The van der Waals surface area contributed by atoms with Crippen molar-refractivity contribution in [2.75, 3.05) is 14.2 Å². The predicted molar refractivity (Wildman–Crippen MR) is 50.7 cm³/mol. The summed E-state index contributed by atoms with van der Waals surface area (Å²) >= 11 is 0. The molecule has 88 valence electrons. The van der Waals surface area contributed by atoms with E-state index in [2.05, 4.69) is 13.6 Å². The number of rotatable bonds is 2. The van der Waals surface area contributed by atoms with Crippen LogP contribution in [-0.2, 0) is 9.05 Å². The van der Waals surface area contributed by atoms with Crippen LogP contribution in [0.3, 0.4) is 0 Å². The molecule has 0 saturated carbocycles. The summed E-state index contributed by atoms with van der Waals surface area (Å²) in [5, 5.41) is 0. The van der Waals surface area contributed by atoms with Crippen molar-refractivity contribution in [3.63, 3.8) is 0 Å². The fourth-order valence-corrected chi connectivity index (χ4v) is 8.54. The predicted octanol–water partition coefficient (Wildman–Crippen LogP) is 3.12. The molecule has 12 heteroatoms. The molecule has 0 aromatic rings. The van der Waals surface area contributed by atoms with Crippen molar-refractivity contribution in [3.05, 3.63) is 0 Å². The molecule has 0 bridgehead atoms.